The third-order valence-electron chi connectivity index (χ3n) is 3.35. The molecule has 7 nitrogen and oxygen atoms in total. The van der Waals surface area contributed by atoms with Gasteiger partial charge in [-0.05, 0) is 12.3 Å². The lowest BCUT2D eigenvalue weighted by Crippen LogP contribution is -2.46. The molecule has 2 amide bonds. The maximum absolute atomic E-state index is 12.4. The van der Waals surface area contributed by atoms with Gasteiger partial charge in [-0.3, -0.25) is 9.59 Å². The molecule has 108 valence electrons. The third-order valence-corrected chi connectivity index (χ3v) is 3.35. The van der Waals surface area contributed by atoms with E-state index in [0.29, 0.717) is 13.1 Å². The van der Waals surface area contributed by atoms with E-state index in [4.69, 9.17) is 10.9 Å². The molecule has 1 saturated heterocycles. The van der Waals surface area contributed by atoms with Crippen LogP contribution in [0.15, 0.2) is 5.16 Å². The Labute approximate surface area is 113 Å². The van der Waals surface area contributed by atoms with E-state index in [1.165, 1.54) is 4.90 Å². The van der Waals surface area contributed by atoms with Crippen LogP contribution in [0.4, 0.5) is 0 Å². The molecule has 0 aromatic rings. The van der Waals surface area contributed by atoms with Gasteiger partial charge in [0.05, 0.1) is 6.54 Å². The third kappa shape index (κ3) is 3.59. The predicted molar refractivity (Wildman–Crippen MR) is 70.6 cm³/mol. The fraction of sp³-hybridized carbons (Fsp3) is 0.750. The normalized spacial score (nSPS) is 19.6. The summed E-state index contributed by atoms with van der Waals surface area (Å²) in [5, 5.41) is 11.7. The van der Waals surface area contributed by atoms with E-state index >= 15 is 0 Å². The van der Waals surface area contributed by atoms with Crippen molar-refractivity contribution in [2.24, 2.45) is 22.7 Å². The van der Waals surface area contributed by atoms with Gasteiger partial charge in [0.25, 0.3) is 0 Å². The SMILES string of the molecule is CC(C)C(C(=O)N1CCCN(C)C(=O)C1)C(N)=NO. The Morgan fingerprint density at radius 3 is 2.58 bits per heavy atom. The Morgan fingerprint density at radius 1 is 1.42 bits per heavy atom. The van der Waals surface area contributed by atoms with Gasteiger partial charge in [-0.15, -0.1) is 0 Å². The maximum atomic E-state index is 12.4. The highest BCUT2D eigenvalue weighted by atomic mass is 16.4. The molecule has 1 unspecified atom stereocenters. The Balaban J connectivity index is 2.87. The van der Waals surface area contributed by atoms with Gasteiger partial charge in [0, 0.05) is 20.1 Å². The van der Waals surface area contributed by atoms with Crippen molar-refractivity contribution in [3.05, 3.63) is 0 Å². The summed E-state index contributed by atoms with van der Waals surface area (Å²) in [5.74, 6) is -1.24. The van der Waals surface area contributed by atoms with Crippen molar-refractivity contribution in [3.8, 4) is 0 Å². The number of hydrogen-bond acceptors (Lipinski definition) is 4. The highest BCUT2D eigenvalue weighted by molar-refractivity contribution is 6.03. The van der Waals surface area contributed by atoms with Crippen LogP contribution in [0.2, 0.25) is 0 Å². The maximum Gasteiger partial charge on any atom is 0.241 e. The van der Waals surface area contributed by atoms with E-state index in [1.54, 1.807) is 11.9 Å². The van der Waals surface area contributed by atoms with Gasteiger partial charge in [-0.1, -0.05) is 19.0 Å². The van der Waals surface area contributed by atoms with Gasteiger partial charge in [-0.25, -0.2) is 0 Å². The number of likely N-dealkylation sites (N-methyl/N-ethyl adjacent to an activating group) is 1. The van der Waals surface area contributed by atoms with E-state index in [-0.39, 0.29) is 30.1 Å². The number of nitrogens with zero attached hydrogens (tertiary/aromatic N) is 3. The highest BCUT2D eigenvalue weighted by Gasteiger charge is 2.33. The van der Waals surface area contributed by atoms with E-state index in [2.05, 4.69) is 5.16 Å². The molecule has 1 aliphatic heterocycles. The fourth-order valence-corrected chi connectivity index (χ4v) is 2.19. The monoisotopic (exact) mass is 270 g/mol. The number of amidine groups is 1. The number of oxime groups is 1. The zero-order valence-electron chi connectivity index (χ0n) is 11.7. The van der Waals surface area contributed by atoms with Crippen LogP contribution >= 0.6 is 0 Å². The second-order valence-corrected chi connectivity index (χ2v) is 5.18. The van der Waals surface area contributed by atoms with Crippen LogP contribution in [-0.4, -0.2) is 59.3 Å². The molecule has 0 radical (unpaired) electrons. The summed E-state index contributed by atoms with van der Waals surface area (Å²) in [6.45, 7) is 4.85. The largest absolute Gasteiger partial charge is 0.409 e. The minimum atomic E-state index is -0.693. The van der Waals surface area contributed by atoms with Crippen LogP contribution in [0.25, 0.3) is 0 Å². The van der Waals surface area contributed by atoms with Crippen LogP contribution in [0.5, 0.6) is 0 Å². The number of carbonyl (C=O) groups excluding carboxylic acids is 2. The van der Waals surface area contributed by atoms with Crippen molar-refractivity contribution in [2.45, 2.75) is 20.3 Å². The molecule has 1 heterocycles. The van der Waals surface area contributed by atoms with E-state index in [0.717, 1.165) is 6.42 Å². The molecule has 7 heteroatoms. The summed E-state index contributed by atoms with van der Waals surface area (Å²) in [6, 6.07) is 0. The van der Waals surface area contributed by atoms with Crippen molar-refractivity contribution in [1.29, 1.82) is 0 Å². The number of hydrogen-bond donors (Lipinski definition) is 2. The van der Waals surface area contributed by atoms with Gasteiger partial charge < -0.3 is 20.7 Å². The lowest BCUT2D eigenvalue weighted by molar-refractivity contribution is -0.140. The Bertz CT molecular complexity index is 381. The molecule has 1 atom stereocenters. The first kappa shape index (κ1) is 15.3. The zero-order valence-corrected chi connectivity index (χ0v) is 11.7. The summed E-state index contributed by atoms with van der Waals surface area (Å²) in [5.41, 5.74) is 5.58. The van der Waals surface area contributed by atoms with Crippen molar-refractivity contribution in [3.63, 3.8) is 0 Å². The lowest BCUT2D eigenvalue weighted by Gasteiger charge is -2.26. The highest BCUT2D eigenvalue weighted by Crippen LogP contribution is 2.16. The van der Waals surface area contributed by atoms with Crippen molar-refractivity contribution < 1.29 is 14.8 Å². The summed E-state index contributed by atoms with van der Waals surface area (Å²) in [4.78, 5) is 27.3. The van der Waals surface area contributed by atoms with Crippen LogP contribution in [0.1, 0.15) is 20.3 Å². The minimum Gasteiger partial charge on any atom is -0.409 e. The standard InChI is InChI=1S/C12H22N4O3/c1-8(2)10(11(13)14-19)12(18)16-6-4-5-15(3)9(17)7-16/h8,10,19H,4-7H2,1-3H3,(H2,13,14). The summed E-state index contributed by atoms with van der Waals surface area (Å²) in [7, 11) is 1.72. The van der Waals surface area contributed by atoms with Gasteiger partial charge in [0.2, 0.25) is 11.8 Å². The molecule has 19 heavy (non-hydrogen) atoms. The smallest absolute Gasteiger partial charge is 0.241 e. The Hall–Kier alpha value is -1.79. The molecule has 0 aromatic heterocycles. The molecular weight excluding hydrogens is 248 g/mol. The number of nitrogens with two attached hydrogens (primary N) is 1. The fourth-order valence-electron chi connectivity index (χ4n) is 2.19. The minimum absolute atomic E-state index is 0.0528. The first-order valence-electron chi connectivity index (χ1n) is 6.38. The van der Waals surface area contributed by atoms with E-state index < -0.39 is 5.92 Å². The Morgan fingerprint density at radius 2 is 2.05 bits per heavy atom. The molecule has 0 spiro atoms. The van der Waals surface area contributed by atoms with Crippen molar-refractivity contribution in [1.82, 2.24) is 9.80 Å². The van der Waals surface area contributed by atoms with E-state index in [9.17, 15) is 9.59 Å². The topological polar surface area (TPSA) is 99.2 Å². The van der Waals surface area contributed by atoms with E-state index in [1.807, 2.05) is 13.8 Å². The average molecular weight is 270 g/mol. The summed E-state index contributed by atoms with van der Waals surface area (Å²) in [6.07, 6.45) is 0.731. The van der Waals surface area contributed by atoms with Crippen LogP contribution in [0.3, 0.4) is 0 Å². The molecule has 3 N–H and O–H groups in total. The first-order valence-corrected chi connectivity index (χ1v) is 6.38. The van der Waals surface area contributed by atoms with Crippen LogP contribution in [0, 0.1) is 11.8 Å². The second kappa shape index (κ2) is 6.40. The number of amides is 2. The van der Waals surface area contributed by atoms with Gasteiger partial charge in [0.1, 0.15) is 5.92 Å². The predicted octanol–water partition coefficient (Wildman–Crippen LogP) is -0.304. The van der Waals surface area contributed by atoms with Gasteiger partial charge in [0.15, 0.2) is 5.84 Å². The zero-order chi connectivity index (χ0) is 14.6. The van der Waals surface area contributed by atoms with Crippen molar-refractivity contribution >= 4 is 17.6 Å². The Kier molecular flexibility index (Phi) is 5.14. The average Bonchev–Trinajstić information content (AvgIpc) is 2.51. The second-order valence-electron chi connectivity index (χ2n) is 5.18. The molecular formula is C12H22N4O3. The molecule has 1 fully saturated rings. The molecule has 0 aromatic carbocycles. The number of rotatable bonds is 3. The molecule has 0 aliphatic carbocycles. The van der Waals surface area contributed by atoms with Gasteiger partial charge >= 0.3 is 0 Å². The van der Waals surface area contributed by atoms with Crippen molar-refractivity contribution in [2.75, 3.05) is 26.7 Å². The number of carbonyl (C=O) groups is 2. The van der Waals surface area contributed by atoms with Crippen LogP contribution < -0.4 is 5.73 Å². The van der Waals surface area contributed by atoms with Crippen LogP contribution in [-0.2, 0) is 9.59 Å². The molecule has 1 aliphatic rings. The van der Waals surface area contributed by atoms with Gasteiger partial charge in [-0.2, -0.15) is 0 Å². The summed E-state index contributed by atoms with van der Waals surface area (Å²) >= 11 is 0. The first-order chi connectivity index (χ1) is 8.88. The molecule has 0 saturated carbocycles. The molecule has 0 bridgehead atoms. The summed E-state index contributed by atoms with van der Waals surface area (Å²) < 4.78 is 0. The lowest BCUT2D eigenvalue weighted by atomic mass is 9.93. The quantitative estimate of drug-likeness (QED) is 0.318. The molecule has 1 rings (SSSR count).